The van der Waals surface area contributed by atoms with Gasteiger partial charge in [-0.05, 0) is 55.0 Å². The number of imide groups is 1. The van der Waals surface area contributed by atoms with Crippen molar-refractivity contribution in [1.82, 2.24) is 4.90 Å². The Bertz CT molecular complexity index is 1290. The van der Waals surface area contributed by atoms with Crippen LogP contribution in [0.25, 0.3) is 0 Å². The Morgan fingerprint density at radius 3 is 2.24 bits per heavy atom. The molecule has 1 heterocycles. The number of carbonyl (C=O) groups is 4. The lowest BCUT2D eigenvalue weighted by atomic mass is 10.1. The highest BCUT2D eigenvalue weighted by Gasteiger charge is 2.37. The molecule has 0 N–H and O–H groups in total. The summed E-state index contributed by atoms with van der Waals surface area (Å²) >= 11 is 5.89. The molecule has 34 heavy (non-hydrogen) atoms. The molecule has 4 rings (SSSR count). The van der Waals surface area contributed by atoms with Crippen LogP contribution in [0.5, 0.6) is 0 Å². The highest BCUT2D eigenvalue weighted by Crippen LogP contribution is 2.30. The van der Waals surface area contributed by atoms with Gasteiger partial charge >= 0.3 is 5.97 Å². The number of benzene rings is 3. The molecule has 1 aliphatic heterocycles. The van der Waals surface area contributed by atoms with Crippen molar-refractivity contribution in [2.24, 2.45) is 0 Å². The SMILES string of the molecule is Cc1ccc(CN(C)C(=O)COC(=O)c2ccc3c(c2)C(=O)N(c2ccc(Cl)cc2)C3=O)cc1. The van der Waals surface area contributed by atoms with Crippen LogP contribution in [0.4, 0.5) is 5.69 Å². The van der Waals surface area contributed by atoms with E-state index in [1.165, 1.54) is 23.1 Å². The summed E-state index contributed by atoms with van der Waals surface area (Å²) in [5, 5.41) is 0.476. The molecule has 0 atom stereocenters. The van der Waals surface area contributed by atoms with Crippen LogP contribution in [0.1, 0.15) is 42.2 Å². The summed E-state index contributed by atoms with van der Waals surface area (Å²) in [7, 11) is 1.63. The molecule has 0 radical (unpaired) electrons. The molecule has 0 aromatic heterocycles. The first-order chi connectivity index (χ1) is 16.2. The largest absolute Gasteiger partial charge is 0.452 e. The van der Waals surface area contributed by atoms with Crippen molar-refractivity contribution in [2.45, 2.75) is 13.5 Å². The third kappa shape index (κ3) is 4.70. The number of aryl methyl sites for hydroxylation is 1. The third-order valence-electron chi connectivity index (χ3n) is 5.50. The number of anilines is 1. The van der Waals surface area contributed by atoms with Crippen molar-refractivity contribution in [2.75, 3.05) is 18.6 Å². The molecular weight excluding hydrogens is 456 g/mol. The summed E-state index contributed by atoms with van der Waals surface area (Å²) in [5.41, 5.74) is 2.81. The quantitative estimate of drug-likeness (QED) is 0.392. The van der Waals surface area contributed by atoms with Crippen molar-refractivity contribution in [3.63, 3.8) is 0 Å². The van der Waals surface area contributed by atoms with Crippen molar-refractivity contribution >= 4 is 41.0 Å². The lowest BCUT2D eigenvalue weighted by Gasteiger charge is -2.17. The normalized spacial score (nSPS) is 12.5. The van der Waals surface area contributed by atoms with E-state index in [9.17, 15) is 19.2 Å². The number of hydrogen-bond acceptors (Lipinski definition) is 5. The first-order valence-corrected chi connectivity index (χ1v) is 10.9. The molecule has 0 fully saturated rings. The molecule has 8 heteroatoms. The molecular formula is C26H21ClN2O5. The molecule has 0 saturated carbocycles. The second-order valence-corrected chi connectivity index (χ2v) is 8.43. The topological polar surface area (TPSA) is 84.0 Å². The van der Waals surface area contributed by atoms with E-state index in [1.54, 1.807) is 31.3 Å². The van der Waals surface area contributed by atoms with Gasteiger partial charge in [-0.2, -0.15) is 0 Å². The number of fused-ring (bicyclic) bond motifs is 1. The minimum atomic E-state index is -0.759. The van der Waals surface area contributed by atoms with Gasteiger partial charge in [-0.1, -0.05) is 41.4 Å². The summed E-state index contributed by atoms with van der Waals surface area (Å²) in [5.74, 6) is -2.17. The second-order valence-electron chi connectivity index (χ2n) is 7.99. The fraction of sp³-hybridized carbons (Fsp3) is 0.154. The van der Waals surface area contributed by atoms with Gasteiger partial charge in [-0.15, -0.1) is 0 Å². The number of amides is 3. The van der Waals surface area contributed by atoms with Crippen LogP contribution >= 0.6 is 11.6 Å². The molecule has 0 bridgehead atoms. The van der Waals surface area contributed by atoms with Crippen molar-refractivity contribution in [3.05, 3.63) is 99.6 Å². The molecule has 0 saturated heterocycles. The Morgan fingerprint density at radius 2 is 1.56 bits per heavy atom. The van der Waals surface area contributed by atoms with Crippen LogP contribution in [0, 0.1) is 6.92 Å². The summed E-state index contributed by atoms with van der Waals surface area (Å²) in [6, 6.07) is 18.2. The number of halogens is 1. The highest BCUT2D eigenvalue weighted by atomic mass is 35.5. The smallest absolute Gasteiger partial charge is 0.338 e. The van der Waals surface area contributed by atoms with Crippen molar-refractivity contribution in [1.29, 1.82) is 0 Å². The Kier molecular flexibility index (Phi) is 6.47. The molecule has 0 aliphatic carbocycles. The number of ether oxygens (including phenoxy) is 1. The van der Waals surface area contributed by atoms with E-state index < -0.39 is 24.4 Å². The summed E-state index contributed by atoms with van der Waals surface area (Å²) < 4.78 is 5.16. The zero-order chi connectivity index (χ0) is 24.4. The molecule has 172 valence electrons. The van der Waals surface area contributed by atoms with Crippen molar-refractivity contribution < 1.29 is 23.9 Å². The maximum Gasteiger partial charge on any atom is 0.338 e. The molecule has 3 amide bonds. The Labute approximate surface area is 201 Å². The Hall–Kier alpha value is -3.97. The van der Waals surface area contributed by atoms with Crippen LogP contribution in [-0.2, 0) is 16.1 Å². The van der Waals surface area contributed by atoms with E-state index in [2.05, 4.69) is 0 Å². The van der Waals surface area contributed by atoms with E-state index in [1.807, 2.05) is 31.2 Å². The summed E-state index contributed by atoms with van der Waals surface area (Å²) in [4.78, 5) is 53.0. The van der Waals surface area contributed by atoms with E-state index in [0.29, 0.717) is 17.3 Å². The Balaban J connectivity index is 1.41. The maximum absolute atomic E-state index is 12.9. The number of nitrogens with zero attached hydrogens (tertiary/aromatic N) is 2. The predicted octanol–water partition coefficient (Wildman–Crippen LogP) is 4.26. The fourth-order valence-corrected chi connectivity index (χ4v) is 3.69. The van der Waals surface area contributed by atoms with Gasteiger partial charge in [0, 0.05) is 18.6 Å². The lowest BCUT2D eigenvalue weighted by molar-refractivity contribution is -0.133. The lowest BCUT2D eigenvalue weighted by Crippen LogP contribution is -2.30. The standard InChI is InChI=1S/C26H21ClN2O5/c1-16-3-5-17(6-4-16)14-28(2)23(30)15-34-26(33)18-7-12-21-22(13-18)25(32)29(24(21)31)20-10-8-19(27)9-11-20/h3-13H,14-15H2,1-2H3. The molecule has 7 nitrogen and oxygen atoms in total. The monoisotopic (exact) mass is 476 g/mol. The van der Waals surface area contributed by atoms with Crippen LogP contribution in [0.2, 0.25) is 5.02 Å². The average Bonchev–Trinajstić information content (AvgIpc) is 3.08. The van der Waals surface area contributed by atoms with Gasteiger partial charge in [0.05, 0.1) is 22.4 Å². The first-order valence-electron chi connectivity index (χ1n) is 10.5. The van der Waals surface area contributed by atoms with Crippen LogP contribution < -0.4 is 4.90 Å². The minimum Gasteiger partial charge on any atom is -0.452 e. The fourth-order valence-electron chi connectivity index (χ4n) is 3.57. The van der Waals surface area contributed by atoms with E-state index in [4.69, 9.17) is 16.3 Å². The van der Waals surface area contributed by atoms with E-state index >= 15 is 0 Å². The van der Waals surface area contributed by atoms with Gasteiger partial charge in [0.25, 0.3) is 17.7 Å². The number of rotatable bonds is 6. The number of esters is 1. The molecule has 3 aromatic carbocycles. The second kappa shape index (κ2) is 9.49. The molecule has 3 aromatic rings. The predicted molar refractivity (Wildman–Crippen MR) is 127 cm³/mol. The molecule has 0 spiro atoms. The number of likely N-dealkylation sites (N-methyl/N-ethyl adjacent to an activating group) is 1. The third-order valence-corrected chi connectivity index (χ3v) is 5.75. The van der Waals surface area contributed by atoms with Crippen LogP contribution in [-0.4, -0.2) is 42.2 Å². The van der Waals surface area contributed by atoms with E-state index in [-0.39, 0.29) is 22.6 Å². The van der Waals surface area contributed by atoms with Gasteiger partial charge < -0.3 is 9.64 Å². The van der Waals surface area contributed by atoms with Gasteiger partial charge in [-0.3, -0.25) is 14.4 Å². The summed E-state index contributed by atoms with van der Waals surface area (Å²) in [6.07, 6.45) is 0. The average molecular weight is 477 g/mol. The van der Waals surface area contributed by atoms with Crippen molar-refractivity contribution in [3.8, 4) is 0 Å². The van der Waals surface area contributed by atoms with Gasteiger partial charge in [-0.25, -0.2) is 9.69 Å². The number of hydrogen-bond donors (Lipinski definition) is 0. The van der Waals surface area contributed by atoms with Gasteiger partial charge in [0.15, 0.2) is 6.61 Å². The molecule has 1 aliphatic rings. The zero-order valence-electron chi connectivity index (χ0n) is 18.6. The van der Waals surface area contributed by atoms with Crippen LogP contribution in [0.3, 0.4) is 0 Å². The molecule has 0 unspecified atom stereocenters. The highest BCUT2D eigenvalue weighted by molar-refractivity contribution is 6.35. The minimum absolute atomic E-state index is 0.0758. The summed E-state index contributed by atoms with van der Waals surface area (Å²) in [6.45, 7) is 1.92. The first kappa shape index (κ1) is 23.2. The number of carbonyl (C=O) groups excluding carboxylic acids is 4. The maximum atomic E-state index is 12.9. The van der Waals surface area contributed by atoms with Crippen LogP contribution in [0.15, 0.2) is 66.7 Å². The van der Waals surface area contributed by atoms with Gasteiger partial charge in [0.1, 0.15) is 0 Å². The van der Waals surface area contributed by atoms with E-state index in [0.717, 1.165) is 16.0 Å². The zero-order valence-corrected chi connectivity index (χ0v) is 19.3. The van der Waals surface area contributed by atoms with Gasteiger partial charge in [0.2, 0.25) is 0 Å². The Morgan fingerprint density at radius 1 is 0.912 bits per heavy atom.